The van der Waals surface area contributed by atoms with Crippen LogP contribution in [0.5, 0.6) is 0 Å². The second-order valence-electron chi connectivity index (χ2n) is 7.66. The van der Waals surface area contributed by atoms with Crippen LogP contribution in [0.25, 0.3) is 0 Å². The lowest BCUT2D eigenvalue weighted by Gasteiger charge is -2.45. The molecule has 2 atom stereocenters. The minimum atomic E-state index is -0.556. The highest BCUT2D eigenvalue weighted by atomic mass is 16.8. The van der Waals surface area contributed by atoms with Gasteiger partial charge in [-0.2, -0.15) is 5.48 Å². The van der Waals surface area contributed by atoms with Gasteiger partial charge in [0.25, 0.3) is 0 Å². The van der Waals surface area contributed by atoms with Crippen molar-refractivity contribution in [3.63, 3.8) is 0 Å². The molecule has 1 fully saturated rings. The van der Waals surface area contributed by atoms with Crippen molar-refractivity contribution in [1.82, 2.24) is 5.48 Å². The number of allylic oxidation sites excluding steroid dienone is 1. The minimum Gasteiger partial charge on any atom is -0.464 e. The predicted molar refractivity (Wildman–Crippen MR) is 68.1 cm³/mol. The Morgan fingerprint density at radius 2 is 1.76 bits per heavy atom. The molecule has 2 rings (SSSR count). The Bertz CT molecular complexity index is 361. The molecule has 17 heavy (non-hydrogen) atoms. The predicted octanol–water partition coefficient (Wildman–Crippen LogP) is 3.37. The number of hydrogen-bond donors (Lipinski definition) is 1. The molecule has 0 aromatic carbocycles. The fourth-order valence-corrected chi connectivity index (χ4v) is 2.33. The summed E-state index contributed by atoms with van der Waals surface area (Å²) in [5.41, 5.74) is 2.97. The number of fused-ring (bicyclic) bond motifs is 2. The Hall–Kier alpha value is -0.540. The van der Waals surface area contributed by atoms with Crippen LogP contribution in [0.4, 0.5) is 0 Å². The molecule has 2 bridgehead atoms. The van der Waals surface area contributed by atoms with Crippen LogP contribution in [0.1, 0.15) is 54.9 Å². The number of hydrogen-bond acceptors (Lipinski definition) is 3. The van der Waals surface area contributed by atoms with E-state index in [1.165, 1.54) is 0 Å². The lowest BCUT2D eigenvalue weighted by molar-refractivity contribution is -0.271. The highest BCUT2D eigenvalue weighted by Crippen LogP contribution is 2.51. The zero-order valence-electron chi connectivity index (χ0n) is 12.1. The molecule has 2 aliphatic heterocycles. The van der Waals surface area contributed by atoms with Crippen LogP contribution in [0, 0.1) is 10.8 Å². The standard InChI is InChI=1S/C14H25NO2/c1-11(2,3)10-8-13(7)9-14(16-10,17-15-13)12(4,5)6/h8,15H,9H2,1-7H3/t13-,14+/m1/s1. The van der Waals surface area contributed by atoms with Crippen molar-refractivity contribution in [1.29, 1.82) is 0 Å². The van der Waals surface area contributed by atoms with E-state index in [-0.39, 0.29) is 16.4 Å². The molecule has 3 heteroatoms. The Balaban J connectivity index is 2.43. The van der Waals surface area contributed by atoms with Gasteiger partial charge in [0.1, 0.15) is 5.76 Å². The number of hydroxylamine groups is 1. The summed E-state index contributed by atoms with van der Waals surface area (Å²) in [7, 11) is 0. The largest absolute Gasteiger partial charge is 0.464 e. The van der Waals surface area contributed by atoms with E-state index in [0.29, 0.717) is 0 Å². The van der Waals surface area contributed by atoms with E-state index in [4.69, 9.17) is 9.57 Å². The highest BCUT2D eigenvalue weighted by Gasteiger charge is 2.59. The van der Waals surface area contributed by atoms with Crippen molar-refractivity contribution in [2.75, 3.05) is 0 Å². The lowest BCUT2D eigenvalue weighted by Crippen LogP contribution is -2.49. The minimum absolute atomic E-state index is 0.00750. The third-order valence-corrected chi connectivity index (χ3v) is 3.66. The monoisotopic (exact) mass is 239 g/mol. The summed E-state index contributed by atoms with van der Waals surface area (Å²) in [6.07, 6.45) is 3.02. The van der Waals surface area contributed by atoms with E-state index in [1.807, 2.05) is 0 Å². The van der Waals surface area contributed by atoms with Gasteiger partial charge in [0.2, 0.25) is 5.79 Å². The lowest BCUT2D eigenvalue weighted by atomic mass is 9.75. The van der Waals surface area contributed by atoms with Gasteiger partial charge in [-0.05, 0) is 13.0 Å². The van der Waals surface area contributed by atoms with Crippen molar-refractivity contribution < 1.29 is 9.57 Å². The fourth-order valence-electron chi connectivity index (χ4n) is 2.33. The second-order valence-corrected chi connectivity index (χ2v) is 7.66. The van der Waals surface area contributed by atoms with Gasteiger partial charge >= 0.3 is 0 Å². The Kier molecular flexibility index (Phi) is 2.48. The number of nitrogens with one attached hydrogen (secondary N) is 1. The van der Waals surface area contributed by atoms with E-state index < -0.39 is 5.79 Å². The van der Waals surface area contributed by atoms with Crippen LogP contribution in [0.2, 0.25) is 0 Å². The van der Waals surface area contributed by atoms with E-state index in [0.717, 1.165) is 12.2 Å². The number of ether oxygens (including phenoxy) is 1. The third-order valence-electron chi connectivity index (χ3n) is 3.66. The first-order valence-electron chi connectivity index (χ1n) is 6.35. The molecular formula is C14H25NO2. The molecule has 0 spiro atoms. The number of rotatable bonds is 0. The molecule has 0 aliphatic carbocycles. The molecule has 0 aromatic heterocycles. The summed E-state index contributed by atoms with van der Waals surface area (Å²) < 4.78 is 6.24. The van der Waals surface area contributed by atoms with E-state index in [9.17, 15) is 0 Å². The van der Waals surface area contributed by atoms with Gasteiger partial charge in [-0.25, -0.2) is 0 Å². The van der Waals surface area contributed by atoms with Gasteiger partial charge in [-0.15, -0.1) is 0 Å². The quantitative estimate of drug-likeness (QED) is 0.703. The maximum Gasteiger partial charge on any atom is 0.234 e. The summed E-state index contributed by atoms with van der Waals surface area (Å²) in [5.74, 6) is 0.463. The Labute approximate surface area is 105 Å². The molecule has 0 aromatic rings. The van der Waals surface area contributed by atoms with Crippen LogP contribution in [0.15, 0.2) is 11.8 Å². The maximum atomic E-state index is 6.24. The molecule has 0 unspecified atom stereocenters. The Morgan fingerprint density at radius 3 is 2.24 bits per heavy atom. The molecule has 0 saturated carbocycles. The van der Waals surface area contributed by atoms with Gasteiger partial charge in [0, 0.05) is 17.3 Å². The summed E-state index contributed by atoms with van der Waals surface area (Å²) in [4.78, 5) is 5.83. The van der Waals surface area contributed by atoms with Crippen LogP contribution < -0.4 is 5.48 Å². The highest BCUT2D eigenvalue weighted by molar-refractivity contribution is 5.21. The van der Waals surface area contributed by atoms with Gasteiger partial charge in [0.15, 0.2) is 0 Å². The summed E-state index contributed by atoms with van der Waals surface area (Å²) in [6, 6.07) is 0. The zero-order chi connectivity index (χ0) is 13.1. The van der Waals surface area contributed by atoms with Crippen LogP contribution in [-0.2, 0) is 9.57 Å². The molecule has 2 aliphatic rings. The van der Waals surface area contributed by atoms with E-state index in [2.05, 4.69) is 60.0 Å². The Morgan fingerprint density at radius 1 is 1.18 bits per heavy atom. The molecule has 3 nitrogen and oxygen atoms in total. The van der Waals surface area contributed by atoms with Gasteiger partial charge in [0.05, 0.1) is 5.54 Å². The van der Waals surface area contributed by atoms with Crippen molar-refractivity contribution in [3.8, 4) is 0 Å². The molecule has 0 amide bonds. The van der Waals surface area contributed by atoms with Crippen LogP contribution in [-0.4, -0.2) is 11.3 Å². The van der Waals surface area contributed by atoms with Crippen molar-refractivity contribution in [2.24, 2.45) is 10.8 Å². The van der Waals surface area contributed by atoms with Crippen molar-refractivity contribution >= 4 is 0 Å². The van der Waals surface area contributed by atoms with Crippen LogP contribution in [0.3, 0.4) is 0 Å². The smallest absolute Gasteiger partial charge is 0.234 e. The van der Waals surface area contributed by atoms with Crippen molar-refractivity contribution in [2.45, 2.75) is 66.2 Å². The normalized spacial score (nSPS) is 37.7. The molecule has 0 radical (unpaired) electrons. The average Bonchev–Trinajstić information content (AvgIpc) is 2.35. The molecular weight excluding hydrogens is 214 g/mol. The maximum absolute atomic E-state index is 6.24. The first-order valence-corrected chi connectivity index (χ1v) is 6.35. The first-order chi connectivity index (χ1) is 7.48. The molecule has 2 heterocycles. The average molecular weight is 239 g/mol. The van der Waals surface area contributed by atoms with E-state index in [1.54, 1.807) is 0 Å². The van der Waals surface area contributed by atoms with Gasteiger partial charge < -0.3 is 4.74 Å². The van der Waals surface area contributed by atoms with Gasteiger partial charge in [-0.1, -0.05) is 41.5 Å². The summed E-state index contributed by atoms with van der Waals surface area (Å²) in [5, 5.41) is 0. The summed E-state index contributed by atoms with van der Waals surface area (Å²) >= 11 is 0. The van der Waals surface area contributed by atoms with Gasteiger partial charge in [-0.3, -0.25) is 4.84 Å². The fraction of sp³-hybridized carbons (Fsp3) is 0.857. The SMILES string of the molecule is CC(C)(C)C1=C[C@]2(C)C[C@@](C(C)(C)C)(ON2)O1. The topological polar surface area (TPSA) is 30.5 Å². The third kappa shape index (κ3) is 2.00. The zero-order valence-corrected chi connectivity index (χ0v) is 12.1. The molecule has 1 saturated heterocycles. The molecule has 1 N–H and O–H groups in total. The van der Waals surface area contributed by atoms with E-state index >= 15 is 0 Å². The molecule has 98 valence electrons. The van der Waals surface area contributed by atoms with Crippen molar-refractivity contribution in [3.05, 3.63) is 11.8 Å². The second kappa shape index (κ2) is 3.27. The summed E-state index contributed by atoms with van der Waals surface area (Å²) in [6.45, 7) is 15.1. The first kappa shape index (κ1) is 12.9. The van der Waals surface area contributed by atoms with Crippen LogP contribution >= 0.6 is 0 Å².